The molecule has 5 rings (SSSR count). The number of hydrogen-bond donors (Lipinski definition) is 1. The lowest BCUT2D eigenvalue weighted by atomic mass is 9.87. The SMILES string of the molecule is CC(C)(C)N1CCC(C(=O)N2CCCC2)C1.CCCC(C)C(=O)NC1CCC(C)CC1.Clc1ccccc1.O=CN1CCOCC1. The van der Waals surface area contributed by atoms with E-state index in [0.717, 1.165) is 75.9 Å². The molecule has 9 heteroatoms. The Bertz CT molecular complexity index is 985. The molecule has 8 nitrogen and oxygen atoms in total. The fourth-order valence-corrected chi connectivity index (χ4v) is 6.32. The van der Waals surface area contributed by atoms with Gasteiger partial charge in [-0.25, -0.2) is 0 Å². The third kappa shape index (κ3) is 15.6. The van der Waals surface area contributed by atoms with Crippen molar-refractivity contribution in [3.05, 3.63) is 35.4 Å². The second-order valence-electron chi connectivity index (χ2n) is 14.3. The summed E-state index contributed by atoms with van der Waals surface area (Å²) in [5.41, 5.74) is 0.208. The van der Waals surface area contributed by atoms with Crippen LogP contribution >= 0.6 is 11.6 Å². The molecule has 0 aromatic heterocycles. The van der Waals surface area contributed by atoms with Crippen molar-refractivity contribution < 1.29 is 19.1 Å². The Morgan fingerprint density at radius 3 is 2.04 bits per heavy atom. The van der Waals surface area contributed by atoms with Gasteiger partial charge in [-0.3, -0.25) is 19.3 Å². The van der Waals surface area contributed by atoms with Crippen LogP contribution in [0.25, 0.3) is 0 Å². The van der Waals surface area contributed by atoms with E-state index in [0.29, 0.717) is 25.2 Å². The molecule has 2 unspecified atom stereocenters. The maximum atomic E-state index is 12.2. The molecule has 3 saturated heterocycles. The van der Waals surface area contributed by atoms with E-state index in [9.17, 15) is 14.4 Å². The van der Waals surface area contributed by atoms with E-state index in [-0.39, 0.29) is 23.3 Å². The van der Waals surface area contributed by atoms with Crippen molar-refractivity contribution in [2.45, 2.75) is 111 Å². The van der Waals surface area contributed by atoms with Gasteiger partial charge < -0.3 is 19.9 Å². The topological polar surface area (TPSA) is 82.2 Å². The molecule has 2 atom stereocenters. The fraction of sp³-hybridized carbons (Fsp3) is 0.757. The van der Waals surface area contributed by atoms with Crippen LogP contribution in [0.1, 0.15) is 99.3 Å². The normalized spacial score (nSPS) is 23.8. The Labute approximate surface area is 284 Å². The van der Waals surface area contributed by atoms with Gasteiger partial charge in [-0.05, 0) is 96.7 Å². The summed E-state index contributed by atoms with van der Waals surface area (Å²) in [6, 6.07) is 9.90. The Morgan fingerprint density at radius 2 is 1.59 bits per heavy atom. The average molecular weight is 663 g/mol. The highest BCUT2D eigenvalue weighted by molar-refractivity contribution is 6.30. The zero-order valence-electron chi connectivity index (χ0n) is 29.6. The van der Waals surface area contributed by atoms with Crippen LogP contribution in [0.5, 0.6) is 0 Å². The van der Waals surface area contributed by atoms with Crippen molar-refractivity contribution >= 4 is 29.8 Å². The first-order valence-corrected chi connectivity index (χ1v) is 18.1. The highest BCUT2D eigenvalue weighted by Crippen LogP contribution is 2.27. The number of carbonyl (C=O) groups excluding carboxylic acids is 3. The lowest BCUT2D eigenvalue weighted by molar-refractivity contribution is -0.134. The number of rotatable bonds is 6. The van der Waals surface area contributed by atoms with Gasteiger partial charge in [0.25, 0.3) is 0 Å². The molecule has 46 heavy (non-hydrogen) atoms. The van der Waals surface area contributed by atoms with Gasteiger partial charge in [-0.15, -0.1) is 0 Å². The molecule has 3 amide bonds. The van der Waals surface area contributed by atoms with Crippen LogP contribution in [-0.2, 0) is 19.1 Å². The first-order chi connectivity index (χ1) is 21.9. The quantitative estimate of drug-likeness (QED) is 0.345. The molecule has 4 fully saturated rings. The molecule has 4 aliphatic rings. The van der Waals surface area contributed by atoms with Gasteiger partial charge in [-0.1, -0.05) is 57.0 Å². The molecule has 0 radical (unpaired) electrons. The molecule has 0 spiro atoms. The monoisotopic (exact) mass is 662 g/mol. The molecule has 1 aromatic carbocycles. The zero-order chi connectivity index (χ0) is 34.0. The average Bonchev–Trinajstić information content (AvgIpc) is 3.78. The lowest BCUT2D eigenvalue weighted by Gasteiger charge is -2.31. The number of ether oxygens (including phenoxy) is 1. The second-order valence-corrected chi connectivity index (χ2v) is 14.8. The van der Waals surface area contributed by atoms with Crippen LogP contribution in [0.3, 0.4) is 0 Å². The third-order valence-electron chi connectivity index (χ3n) is 9.36. The number of halogens is 1. The number of carbonyl (C=O) groups is 3. The molecule has 1 saturated carbocycles. The number of morpholine rings is 1. The fourth-order valence-electron chi connectivity index (χ4n) is 6.18. The van der Waals surface area contributed by atoms with Gasteiger partial charge in [-0.2, -0.15) is 0 Å². The van der Waals surface area contributed by atoms with Gasteiger partial charge in [0.2, 0.25) is 18.2 Å². The van der Waals surface area contributed by atoms with Crippen LogP contribution < -0.4 is 5.32 Å². The standard InChI is InChI=1S/C13H24N2O.C13H25NO.C6H5Cl.C5H9NO2/c1-13(2,3)15-9-6-11(10-15)12(16)14-7-4-5-8-14;1-4-5-11(3)13(15)14-12-8-6-10(2)7-9-12;7-6-4-2-1-3-5-6;7-5-6-1-3-8-4-2-6/h11H,4-10H2,1-3H3;10-12H,4-9H2,1-3H3,(H,14,15);1-5H;5H,1-4H2. The number of nitrogens with zero attached hydrogens (tertiary/aromatic N) is 3. The van der Waals surface area contributed by atoms with Gasteiger partial charge in [0, 0.05) is 55.2 Å². The highest BCUT2D eigenvalue weighted by Gasteiger charge is 2.36. The highest BCUT2D eigenvalue weighted by atomic mass is 35.5. The molecule has 1 aromatic rings. The Balaban J connectivity index is 0.000000226. The first kappa shape index (κ1) is 40.0. The molecular weight excluding hydrogens is 600 g/mol. The Kier molecular flexibility index (Phi) is 18.8. The van der Waals surface area contributed by atoms with Crippen molar-refractivity contribution in [3.8, 4) is 0 Å². The predicted octanol–water partition coefficient (Wildman–Crippen LogP) is 6.66. The number of benzene rings is 1. The van der Waals surface area contributed by atoms with E-state index >= 15 is 0 Å². The van der Waals surface area contributed by atoms with E-state index in [1.807, 2.05) is 37.3 Å². The summed E-state index contributed by atoms with van der Waals surface area (Å²) in [6.45, 7) is 20.1. The summed E-state index contributed by atoms with van der Waals surface area (Å²) in [5.74, 6) is 1.97. The Morgan fingerprint density at radius 1 is 0.978 bits per heavy atom. The van der Waals surface area contributed by atoms with Crippen molar-refractivity contribution in [1.82, 2.24) is 20.0 Å². The van der Waals surface area contributed by atoms with Crippen molar-refractivity contribution in [2.24, 2.45) is 17.8 Å². The van der Waals surface area contributed by atoms with E-state index in [4.69, 9.17) is 16.3 Å². The van der Waals surface area contributed by atoms with Gasteiger partial charge in [0.15, 0.2) is 0 Å². The van der Waals surface area contributed by atoms with E-state index in [1.165, 1.54) is 38.5 Å². The molecule has 0 bridgehead atoms. The number of likely N-dealkylation sites (tertiary alicyclic amines) is 2. The summed E-state index contributed by atoms with van der Waals surface area (Å²) in [4.78, 5) is 40.2. The van der Waals surface area contributed by atoms with E-state index in [1.54, 1.807) is 4.90 Å². The minimum Gasteiger partial charge on any atom is -0.378 e. The van der Waals surface area contributed by atoms with Crippen molar-refractivity contribution in [2.75, 3.05) is 52.5 Å². The predicted molar refractivity (Wildman–Crippen MR) is 189 cm³/mol. The maximum Gasteiger partial charge on any atom is 0.227 e. The Hall–Kier alpha value is -2.16. The molecule has 3 heterocycles. The lowest BCUT2D eigenvalue weighted by Crippen LogP contribution is -2.41. The summed E-state index contributed by atoms with van der Waals surface area (Å²) < 4.78 is 5.00. The van der Waals surface area contributed by atoms with Gasteiger partial charge >= 0.3 is 0 Å². The van der Waals surface area contributed by atoms with Gasteiger partial charge in [0.05, 0.1) is 19.1 Å². The van der Waals surface area contributed by atoms with Crippen molar-refractivity contribution in [1.29, 1.82) is 0 Å². The van der Waals surface area contributed by atoms with Crippen LogP contribution in [-0.4, -0.2) is 97.0 Å². The third-order valence-corrected chi connectivity index (χ3v) is 9.62. The molecule has 3 aliphatic heterocycles. The van der Waals surface area contributed by atoms with Gasteiger partial charge in [0.1, 0.15) is 0 Å². The smallest absolute Gasteiger partial charge is 0.227 e. The summed E-state index contributed by atoms with van der Waals surface area (Å²) in [5, 5.41) is 3.98. The largest absolute Gasteiger partial charge is 0.378 e. The summed E-state index contributed by atoms with van der Waals surface area (Å²) in [7, 11) is 0. The van der Waals surface area contributed by atoms with E-state index < -0.39 is 0 Å². The number of hydrogen-bond acceptors (Lipinski definition) is 5. The van der Waals surface area contributed by atoms with E-state index in [2.05, 4.69) is 49.7 Å². The zero-order valence-corrected chi connectivity index (χ0v) is 30.4. The molecule has 1 N–H and O–H groups in total. The maximum absolute atomic E-state index is 12.2. The van der Waals surface area contributed by atoms with Crippen LogP contribution in [0.2, 0.25) is 5.02 Å². The summed E-state index contributed by atoms with van der Waals surface area (Å²) in [6.07, 6.45) is 11.3. The van der Waals surface area contributed by atoms with Crippen LogP contribution in [0, 0.1) is 17.8 Å². The first-order valence-electron chi connectivity index (χ1n) is 17.8. The van der Waals surface area contributed by atoms with Crippen LogP contribution in [0.15, 0.2) is 30.3 Å². The second kappa shape index (κ2) is 21.7. The summed E-state index contributed by atoms with van der Waals surface area (Å²) >= 11 is 5.54. The minimum absolute atomic E-state index is 0.189. The minimum atomic E-state index is 0.189. The number of amides is 3. The molecule has 1 aliphatic carbocycles. The van der Waals surface area contributed by atoms with Crippen LogP contribution in [0.4, 0.5) is 0 Å². The van der Waals surface area contributed by atoms with Crippen molar-refractivity contribution in [3.63, 3.8) is 0 Å². The molecule has 262 valence electrons. The molecular formula is C37H63ClN4O4. The number of nitrogens with one attached hydrogen (secondary N) is 1.